The molecule has 0 aromatic carbocycles. The Hall–Kier alpha value is -0.300. The second-order valence-electron chi connectivity index (χ2n) is 3.97. The van der Waals surface area contributed by atoms with Gasteiger partial charge in [-0.25, -0.2) is 0 Å². The molecule has 0 amide bonds. The number of rotatable bonds is 0. The molecule has 0 fully saturated rings. The lowest BCUT2D eigenvalue weighted by Gasteiger charge is -2.27. The molecule has 1 aliphatic heterocycles. The van der Waals surface area contributed by atoms with Gasteiger partial charge in [-0.05, 0) is 6.92 Å². The molecule has 0 spiro atoms. The van der Waals surface area contributed by atoms with E-state index >= 15 is 0 Å². The fourth-order valence-electron chi connectivity index (χ4n) is 1.35. The van der Waals surface area contributed by atoms with Crippen molar-refractivity contribution in [2.45, 2.75) is 19.8 Å². The molecule has 0 saturated heterocycles. The van der Waals surface area contributed by atoms with Crippen LogP contribution in [-0.2, 0) is 0 Å². The summed E-state index contributed by atoms with van der Waals surface area (Å²) in [6, 6.07) is 0. The Morgan fingerprint density at radius 3 is 2.70 bits per heavy atom. The molecule has 1 heteroatoms. The summed E-state index contributed by atoms with van der Waals surface area (Å²) < 4.78 is 1.19. The van der Waals surface area contributed by atoms with E-state index in [9.17, 15) is 0 Å². The van der Waals surface area contributed by atoms with Crippen molar-refractivity contribution in [3.8, 4) is 0 Å². The Balaban J connectivity index is 2.52. The summed E-state index contributed by atoms with van der Waals surface area (Å²) in [4.78, 5) is 0. The standard InChI is InChI=1S/C9H18N/c1-9-5-4-7-10(2,3)8-6-9/h5H,4,6-8H2,1-3H3/q+1. The lowest BCUT2D eigenvalue weighted by molar-refractivity contribution is -0.889. The second kappa shape index (κ2) is 2.75. The van der Waals surface area contributed by atoms with Gasteiger partial charge in [-0.15, -0.1) is 0 Å². The molecule has 0 aromatic heterocycles. The number of hydrogen-bond donors (Lipinski definition) is 0. The minimum atomic E-state index is 1.19. The summed E-state index contributed by atoms with van der Waals surface area (Å²) in [5, 5.41) is 0. The van der Waals surface area contributed by atoms with Gasteiger partial charge < -0.3 is 4.48 Å². The van der Waals surface area contributed by atoms with Crippen molar-refractivity contribution in [3.63, 3.8) is 0 Å². The van der Waals surface area contributed by atoms with Gasteiger partial charge in [-0.1, -0.05) is 11.6 Å². The SMILES string of the molecule is CC1=CCC[N+](C)(C)CC1. The second-order valence-corrected chi connectivity index (χ2v) is 3.97. The van der Waals surface area contributed by atoms with Gasteiger partial charge in [-0.3, -0.25) is 0 Å². The van der Waals surface area contributed by atoms with E-state index in [4.69, 9.17) is 0 Å². The molecule has 10 heavy (non-hydrogen) atoms. The molecular weight excluding hydrogens is 122 g/mol. The molecule has 58 valence electrons. The van der Waals surface area contributed by atoms with Crippen LogP contribution in [0.5, 0.6) is 0 Å². The van der Waals surface area contributed by atoms with Gasteiger partial charge in [-0.2, -0.15) is 0 Å². The van der Waals surface area contributed by atoms with Gasteiger partial charge >= 0.3 is 0 Å². The monoisotopic (exact) mass is 140 g/mol. The van der Waals surface area contributed by atoms with E-state index in [0.29, 0.717) is 0 Å². The van der Waals surface area contributed by atoms with E-state index in [-0.39, 0.29) is 0 Å². The first kappa shape index (κ1) is 7.80. The summed E-state index contributed by atoms with van der Waals surface area (Å²) >= 11 is 0. The van der Waals surface area contributed by atoms with E-state index in [1.54, 1.807) is 5.57 Å². The topological polar surface area (TPSA) is 0 Å². The first-order valence-corrected chi connectivity index (χ1v) is 4.08. The molecule has 0 bridgehead atoms. The van der Waals surface area contributed by atoms with E-state index in [2.05, 4.69) is 27.1 Å². The van der Waals surface area contributed by atoms with Crippen LogP contribution in [-0.4, -0.2) is 31.7 Å². The first-order chi connectivity index (χ1) is 4.60. The zero-order valence-electron chi connectivity index (χ0n) is 7.35. The van der Waals surface area contributed by atoms with Gasteiger partial charge in [0.1, 0.15) is 0 Å². The smallest absolute Gasteiger partial charge is 0.0820 e. The van der Waals surface area contributed by atoms with Crippen molar-refractivity contribution >= 4 is 0 Å². The van der Waals surface area contributed by atoms with Crippen molar-refractivity contribution in [1.82, 2.24) is 0 Å². The summed E-state index contributed by atoms with van der Waals surface area (Å²) in [6.45, 7) is 4.85. The third kappa shape index (κ3) is 2.14. The quantitative estimate of drug-likeness (QED) is 0.355. The van der Waals surface area contributed by atoms with Crippen molar-refractivity contribution in [3.05, 3.63) is 11.6 Å². The highest BCUT2D eigenvalue weighted by molar-refractivity contribution is 4.98. The van der Waals surface area contributed by atoms with E-state index in [1.165, 1.54) is 30.4 Å². The van der Waals surface area contributed by atoms with Gasteiger partial charge in [0.25, 0.3) is 0 Å². The zero-order valence-corrected chi connectivity index (χ0v) is 7.35. The molecule has 0 unspecified atom stereocenters. The number of nitrogens with zero attached hydrogens (tertiary/aromatic N) is 1. The lowest BCUT2D eigenvalue weighted by atomic mass is 10.2. The third-order valence-corrected chi connectivity index (χ3v) is 2.34. The van der Waals surface area contributed by atoms with E-state index < -0.39 is 0 Å². The molecular formula is C9H18N+. The van der Waals surface area contributed by atoms with Crippen LogP contribution in [0.25, 0.3) is 0 Å². The van der Waals surface area contributed by atoms with Gasteiger partial charge in [0, 0.05) is 12.8 Å². The Kier molecular flexibility index (Phi) is 2.14. The first-order valence-electron chi connectivity index (χ1n) is 4.08. The lowest BCUT2D eigenvalue weighted by Crippen LogP contribution is -2.40. The van der Waals surface area contributed by atoms with Crippen LogP contribution in [0.4, 0.5) is 0 Å². The van der Waals surface area contributed by atoms with Crippen LogP contribution in [0.1, 0.15) is 19.8 Å². The fraction of sp³-hybridized carbons (Fsp3) is 0.778. The van der Waals surface area contributed by atoms with E-state index in [1.807, 2.05) is 0 Å². The molecule has 1 heterocycles. The van der Waals surface area contributed by atoms with Gasteiger partial charge in [0.2, 0.25) is 0 Å². The normalized spacial score (nSPS) is 25.3. The Morgan fingerprint density at radius 1 is 1.30 bits per heavy atom. The molecule has 0 N–H and O–H groups in total. The molecule has 0 saturated carbocycles. The predicted molar refractivity (Wildman–Crippen MR) is 44.8 cm³/mol. The van der Waals surface area contributed by atoms with Crippen LogP contribution >= 0.6 is 0 Å². The highest BCUT2D eigenvalue weighted by Crippen LogP contribution is 2.12. The van der Waals surface area contributed by atoms with Crippen LogP contribution in [0, 0.1) is 0 Å². The van der Waals surface area contributed by atoms with Gasteiger partial charge in [0.15, 0.2) is 0 Å². The maximum atomic E-state index is 2.38. The molecule has 1 aliphatic rings. The molecule has 0 aliphatic carbocycles. The molecule has 1 nitrogen and oxygen atoms in total. The summed E-state index contributed by atoms with van der Waals surface area (Å²) in [7, 11) is 4.62. The Labute approximate surface area is 63.9 Å². The molecule has 0 atom stereocenters. The molecule has 1 rings (SSSR count). The number of hydrogen-bond acceptors (Lipinski definition) is 0. The highest BCUT2D eigenvalue weighted by Gasteiger charge is 2.15. The average molecular weight is 140 g/mol. The highest BCUT2D eigenvalue weighted by atomic mass is 15.3. The summed E-state index contributed by atoms with van der Waals surface area (Å²) in [5.74, 6) is 0. The molecule has 0 radical (unpaired) electrons. The minimum absolute atomic E-state index is 1.19. The van der Waals surface area contributed by atoms with Crippen LogP contribution < -0.4 is 0 Å². The Morgan fingerprint density at radius 2 is 2.00 bits per heavy atom. The van der Waals surface area contributed by atoms with Gasteiger partial charge in [0.05, 0.1) is 27.2 Å². The minimum Gasteiger partial charge on any atom is -0.328 e. The van der Waals surface area contributed by atoms with E-state index in [0.717, 1.165) is 0 Å². The van der Waals surface area contributed by atoms with Crippen LogP contribution in [0.2, 0.25) is 0 Å². The predicted octanol–water partition coefficient (Wildman–Crippen LogP) is 1.80. The Bertz CT molecular complexity index is 145. The number of quaternary nitrogens is 1. The fourth-order valence-corrected chi connectivity index (χ4v) is 1.35. The maximum absolute atomic E-state index is 2.38. The summed E-state index contributed by atoms with van der Waals surface area (Å²) in [5.41, 5.74) is 1.57. The third-order valence-electron chi connectivity index (χ3n) is 2.34. The van der Waals surface area contributed by atoms with Crippen molar-refractivity contribution in [2.24, 2.45) is 0 Å². The maximum Gasteiger partial charge on any atom is 0.0820 e. The molecule has 0 aromatic rings. The zero-order chi connectivity index (χ0) is 7.61. The van der Waals surface area contributed by atoms with Crippen molar-refractivity contribution in [2.75, 3.05) is 27.2 Å². The van der Waals surface area contributed by atoms with Crippen molar-refractivity contribution in [1.29, 1.82) is 0 Å². The summed E-state index contributed by atoms with van der Waals surface area (Å²) in [6.07, 6.45) is 4.93. The largest absolute Gasteiger partial charge is 0.328 e. The van der Waals surface area contributed by atoms with Crippen molar-refractivity contribution < 1.29 is 4.48 Å². The van der Waals surface area contributed by atoms with Crippen LogP contribution in [0.15, 0.2) is 11.6 Å². The average Bonchev–Trinajstić information content (AvgIpc) is 1.94. The van der Waals surface area contributed by atoms with Crippen LogP contribution in [0.3, 0.4) is 0 Å².